The van der Waals surface area contributed by atoms with Gasteiger partial charge >= 0.3 is 6.03 Å². The Bertz CT molecular complexity index is 1000. The van der Waals surface area contributed by atoms with E-state index in [0.29, 0.717) is 5.13 Å². The summed E-state index contributed by atoms with van der Waals surface area (Å²) in [5.41, 5.74) is 4.43. The molecule has 2 aliphatic rings. The van der Waals surface area contributed by atoms with Crippen LogP contribution in [0, 0.1) is 26.7 Å². The van der Waals surface area contributed by atoms with Crippen molar-refractivity contribution in [2.24, 2.45) is 5.92 Å². The number of anilines is 1. The molecule has 0 unspecified atom stereocenters. The average molecular weight is 413 g/mol. The summed E-state index contributed by atoms with van der Waals surface area (Å²) in [6.45, 7) is 7.57. The first kappa shape index (κ1) is 19.6. The number of urea groups is 1. The molecule has 1 aromatic carbocycles. The average Bonchev–Trinajstić information content (AvgIpc) is 3.36. The van der Waals surface area contributed by atoms with Gasteiger partial charge in [0.2, 0.25) is 5.91 Å². The van der Waals surface area contributed by atoms with Crippen molar-refractivity contribution < 1.29 is 14.4 Å². The molecule has 0 bridgehead atoms. The summed E-state index contributed by atoms with van der Waals surface area (Å²) in [5.74, 6) is -0.604. The molecule has 0 spiro atoms. The number of imide groups is 1. The van der Waals surface area contributed by atoms with Crippen LogP contribution in [0.4, 0.5) is 9.93 Å². The molecule has 152 valence electrons. The number of thiazole rings is 1. The summed E-state index contributed by atoms with van der Waals surface area (Å²) >= 11 is 1.32. The van der Waals surface area contributed by atoms with Crippen molar-refractivity contribution in [3.8, 4) is 11.3 Å². The Balaban J connectivity index is 1.45. The third kappa shape index (κ3) is 3.53. The fourth-order valence-corrected chi connectivity index (χ4v) is 4.85. The quantitative estimate of drug-likeness (QED) is 0.737. The Morgan fingerprint density at radius 2 is 1.93 bits per heavy atom. The Kier molecular flexibility index (Phi) is 4.69. The zero-order valence-corrected chi connectivity index (χ0v) is 17.8. The number of aromatic nitrogens is 1. The first-order valence-corrected chi connectivity index (χ1v) is 10.5. The van der Waals surface area contributed by atoms with Crippen LogP contribution in [0.25, 0.3) is 11.3 Å². The number of carbonyl (C=O) groups is 3. The second kappa shape index (κ2) is 6.95. The van der Waals surface area contributed by atoms with Gasteiger partial charge < -0.3 is 10.6 Å². The summed E-state index contributed by atoms with van der Waals surface area (Å²) in [7, 11) is 0. The molecule has 4 rings (SSSR count). The first-order chi connectivity index (χ1) is 13.7. The van der Waals surface area contributed by atoms with Crippen molar-refractivity contribution in [2.45, 2.75) is 46.1 Å². The lowest BCUT2D eigenvalue weighted by Gasteiger charge is -2.20. The normalized spacial score (nSPS) is 21.4. The van der Waals surface area contributed by atoms with E-state index in [1.54, 1.807) is 6.92 Å². The lowest BCUT2D eigenvalue weighted by Crippen LogP contribution is -2.46. The number of benzene rings is 1. The second-order valence-corrected chi connectivity index (χ2v) is 9.02. The molecule has 1 saturated heterocycles. The van der Waals surface area contributed by atoms with Gasteiger partial charge in [-0.15, -0.1) is 11.3 Å². The number of nitrogens with one attached hydrogen (secondary N) is 2. The standard InChI is InChI=1S/C21H24N4O3S/c1-11-7-12(2)17(13(3)8-11)15-10-29-19(22-15)23-16(26)9-25-18(27)21(4,14-5-6-14)24-20(25)28/h7-8,10,14H,5-6,9H2,1-4H3,(H,24,28)(H,22,23,26)/t21-/m0/s1. The molecule has 1 aliphatic heterocycles. The van der Waals surface area contributed by atoms with Crippen LogP contribution < -0.4 is 10.6 Å². The molecule has 2 heterocycles. The number of hydrogen-bond acceptors (Lipinski definition) is 5. The summed E-state index contributed by atoms with van der Waals surface area (Å²) in [4.78, 5) is 42.9. The minimum Gasteiger partial charge on any atom is -0.323 e. The van der Waals surface area contributed by atoms with Crippen LogP contribution in [-0.2, 0) is 9.59 Å². The van der Waals surface area contributed by atoms with E-state index in [-0.39, 0.29) is 18.4 Å². The third-order valence-corrected chi connectivity index (χ3v) is 6.44. The molecular weight excluding hydrogens is 388 g/mol. The SMILES string of the molecule is Cc1cc(C)c(-c2csc(NC(=O)CN3C(=O)N[C@@](C)(C4CC4)C3=O)n2)c(C)c1. The van der Waals surface area contributed by atoms with Crippen LogP contribution in [-0.4, -0.2) is 39.8 Å². The number of nitrogens with zero attached hydrogens (tertiary/aromatic N) is 2. The predicted octanol–water partition coefficient (Wildman–Crippen LogP) is 3.39. The fraction of sp³-hybridized carbons (Fsp3) is 0.429. The van der Waals surface area contributed by atoms with Gasteiger partial charge in [-0.3, -0.25) is 14.5 Å². The largest absolute Gasteiger partial charge is 0.325 e. The van der Waals surface area contributed by atoms with Crippen molar-refractivity contribution in [3.05, 3.63) is 34.2 Å². The van der Waals surface area contributed by atoms with Crippen molar-refractivity contribution in [2.75, 3.05) is 11.9 Å². The second-order valence-electron chi connectivity index (χ2n) is 8.16. The van der Waals surface area contributed by atoms with E-state index in [1.807, 2.05) is 19.2 Å². The van der Waals surface area contributed by atoms with Crippen LogP contribution in [0.2, 0.25) is 0 Å². The highest BCUT2D eigenvalue weighted by Crippen LogP contribution is 2.42. The van der Waals surface area contributed by atoms with E-state index >= 15 is 0 Å². The van der Waals surface area contributed by atoms with E-state index in [4.69, 9.17) is 0 Å². The zero-order chi connectivity index (χ0) is 20.9. The van der Waals surface area contributed by atoms with E-state index in [1.165, 1.54) is 16.9 Å². The number of hydrogen-bond donors (Lipinski definition) is 2. The highest BCUT2D eigenvalue weighted by atomic mass is 32.1. The molecule has 1 atom stereocenters. The summed E-state index contributed by atoms with van der Waals surface area (Å²) in [6, 6.07) is 3.70. The third-order valence-electron chi connectivity index (χ3n) is 5.68. The van der Waals surface area contributed by atoms with Crippen LogP contribution in [0.15, 0.2) is 17.5 Å². The highest BCUT2D eigenvalue weighted by molar-refractivity contribution is 7.14. The van der Waals surface area contributed by atoms with Crippen molar-refractivity contribution in [1.82, 2.24) is 15.2 Å². The van der Waals surface area contributed by atoms with E-state index in [0.717, 1.165) is 40.1 Å². The number of amides is 4. The Labute approximate surface area is 173 Å². The van der Waals surface area contributed by atoms with Crippen molar-refractivity contribution in [1.29, 1.82) is 0 Å². The maximum Gasteiger partial charge on any atom is 0.325 e. The van der Waals surface area contributed by atoms with Crippen LogP contribution >= 0.6 is 11.3 Å². The van der Waals surface area contributed by atoms with Crippen LogP contribution in [0.3, 0.4) is 0 Å². The topological polar surface area (TPSA) is 91.4 Å². The monoisotopic (exact) mass is 412 g/mol. The molecule has 8 heteroatoms. The number of aryl methyl sites for hydroxylation is 3. The molecule has 1 saturated carbocycles. The van der Waals surface area contributed by atoms with E-state index in [9.17, 15) is 14.4 Å². The summed E-state index contributed by atoms with van der Waals surface area (Å²) in [6.07, 6.45) is 1.84. The van der Waals surface area contributed by atoms with Gasteiger partial charge in [0.15, 0.2) is 5.13 Å². The van der Waals surface area contributed by atoms with Gasteiger partial charge in [0.05, 0.1) is 5.69 Å². The Morgan fingerprint density at radius 3 is 2.55 bits per heavy atom. The summed E-state index contributed by atoms with van der Waals surface area (Å²) in [5, 5.41) is 7.81. The predicted molar refractivity (Wildman–Crippen MR) is 112 cm³/mol. The lowest BCUT2D eigenvalue weighted by molar-refractivity contribution is -0.134. The highest BCUT2D eigenvalue weighted by Gasteiger charge is 2.56. The molecule has 2 aromatic rings. The van der Waals surface area contributed by atoms with E-state index < -0.39 is 17.5 Å². The number of carbonyl (C=O) groups excluding carboxylic acids is 3. The maximum absolute atomic E-state index is 12.6. The van der Waals surface area contributed by atoms with Gasteiger partial charge in [0.1, 0.15) is 12.1 Å². The smallest absolute Gasteiger partial charge is 0.323 e. The fourth-order valence-electron chi connectivity index (χ4n) is 4.13. The molecule has 2 fully saturated rings. The van der Waals surface area contributed by atoms with Gasteiger partial charge in [-0.05, 0) is 57.6 Å². The molecule has 1 aromatic heterocycles. The first-order valence-electron chi connectivity index (χ1n) is 9.66. The van der Waals surface area contributed by atoms with Gasteiger partial charge in [0, 0.05) is 10.9 Å². The molecule has 0 radical (unpaired) electrons. The minimum absolute atomic E-state index is 0.162. The Morgan fingerprint density at radius 1 is 1.28 bits per heavy atom. The molecule has 29 heavy (non-hydrogen) atoms. The zero-order valence-electron chi connectivity index (χ0n) is 17.0. The van der Waals surface area contributed by atoms with Gasteiger partial charge in [0.25, 0.3) is 5.91 Å². The van der Waals surface area contributed by atoms with Crippen LogP contribution in [0.5, 0.6) is 0 Å². The minimum atomic E-state index is -0.883. The molecule has 7 nitrogen and oxygen atoms in total. The lowest BCUT2D eigenvalue weighted by atomic mass is 9.96. The molecule has 2 N–H and O–H groups in total. The number of rotatable bonds is 5. The van der Waals surface area contributed by atoms with Crippen molar-refractivity contribution >= 4 is 34.3 Å². The van der Waals surface area contributed by atoms with Crippen molar-refractivity contribution in [3.63, 3.8) is 0 Å². The van der Waals surface area contributed by atoms with Gasteiger partial charge in [-0.25, -0.2) is 9.78 Å². The summed E-state index contributed by atoms with van der Waals surface area (Å²) < 4.78 is 0. The molecule has 4 amide bonds. The Hall–Kier alpha value is -2.74. The maximum atomic E-state index is 12.6. The molecule has 1 aliphatic carbocycles. The van der Waals surface area contributed by atoms with Gasteiger partial charge in [-0.1, -0.05) is 17.7 Å². The van der Waals surface area contributed by atoms with E-state index in [2.05, 4.69) is 34.7 Å². The van der Waals surface area contributed by atoms with Gasteiger partial charge in [-0.2, -0.15) is 0 Å². The molecular formula is C21H24N4O3S. The van der Waals surface area contributed by atoms with Crippen LogP contribution in [0.1, 0.15) is 36.5 Å².